The van der Waals surface area contributed by atoms with Gasteiger partial charge >= 0.3 is 0 Å². The van der Waals surface area contributed by atoms with Crippen molar-refractivity contribution in [2.45, 2.75) is 45.1 Å². The van der Waals surface area contributed by atoms with E-state index in [1.807, 2.05) is 0 Å². The maximum Gasteiger partial charge on any atom is 0.220 e. The molecule has 0 saturated carbocycles. The number of hydrogen-bond donors (Lipinski definition) is 2. The van der Waals surface area contributed by atoms with Crippen LogP contribution in [-0.4, -0.2) is 31.2 Å². The molecule has 0 aromatic heterocycles. The molecule has 0 aromatic rings. The summed E-state index contributed by atoms with van der Waals surface area (Å²) in [6, 6.07) is 0. The Balaban J connectivity index is 2.39. The molecule has 1 rings (SSSR count). The Hall–Kier alpha value is -0.610. The minimum atomic E-state index is -0.216. The zero-order valence-electron chi connectivity index (χ0n) is 10.4. The number of rotatable bonds is 5. The second-order valence-corrected chi connectivity index (χ2v) is 5.08. The fourth-order valence-electron chi connectivity index (χ4n) is 1.92. The molecule has 0 unspecified atom stereocenters. The number of hydrogen-bond acceptors (Lipinski definition) is 3. The van der Waals surface area contributed by atoms with Gasteiger partial charge in [0.1, 0.15) is 0 Å². The minimum Gasteiger partial charge on any atom is -0.381 e. The van der Waals surface area contributed by atoms with E-state index in [0.717, 1.165) is 19.3 Å². The summed E-state index contributed by atoms with van der Waals surface area (Å²) in [6.07, 6.45) is 3.19. The normalized spacial score (nSPS) is 19.8. The molecule has 3 N–H and O–H groups in total. The van der Waals surface area contributed by atoms with Gasteiger partial charge in [-0.2, -0.15) is 0 Å². The van der Waals surface area contributed by atoms with Crippen LogP contribution in [0, 0.1) is 5.92 Å². The number of carbonyl (C=O) groups excluding carboxylic acids is 1. The van der Waals surface area contributed by atoms with Gasteiger partial charge in [0.05, 0.1) is 5.54 Å². The van der Waals surface area contributed by atoms with Gasteiger partial charge in [0.25, 0.3) is 0 Å². The first-order valence-corrected chi connectivity index (χ1v) is 6.17. The highest BCUT2D eigenvalue weighted by molar-refractivity contribution is 5.76. The summed E-state index contributed by atoms with van der Waals surface area (Å²) in [6.45, 7) is 6.15. The third kappa shape index (κ3) is 4.10. The molecule has 1 amide bonds. The van der Waals surface area contributed by atoms with Crippen molar-refractivity contribution in [3.8, 4) is 0 Å². The van der Waals surface area contributed by atoms with Gasteiger partial charge in [-0.1, -0.05) is 13.8 Å². The summed E-state index contributed by atoms with van der Waals surface area (Å²) < 4.78 is 5.30. The molecule has 0 aromatic carbocycles. The van der Waals surface area contributed by atoms with Crippen molar-refractivity contribution in [1.82, 2.24) is 5.32 Å². The molecule has 1 aliphatic heterocycles. The molecule has 0 bridgehead atoms. The van der Waals surface area contributed by atoms with E-state index >= 15 is 0 Å². The predicted octanol–water partition coefficient (Wildman–Crippen LogP) is 1.05. The lowest BCUT2D eigenvalue weighted by Gasteiger charge is -2.37. The van der Waals surface area contributed by atoms with Gasteiger partial charge in [-0.15, -0.1) is 0 Å². The standard InChI is InChI=1S/C12H24N2O2/c1-10(2)3-4-11(15)14-12(9-13)5-7-16-8-6-12/h10H,3-9,13H2,1-2H3,(H,14,15). The Kier molecular flexibility index (Phi) is 5.22. The van der Waals surface area contributed by atoms with Gasteiger partial charge in [-0.25, -0.2) is 0 Å². The van der Waals surface area contributed by atoms with Gasteiger partial charge in [-0.05, 0) is 25.2 Å². The van der Waals surface area contributed by atoms with Crippen LogP contribution in [0.1, 0.15) is 39.5 Å². The second kappa shape index (κ2) is 6.21. The number of nitrogens with one attached hydrogen (secondary N) is 1. The molecule has 0 aliphatic carbocycles. The van der Waals surface area contributed by atoms with Gasteiger partial charge in [0.15, 0.2) is 0 Å². The molecule has 1 saturated heterocycles. The van der Waals surface area contributed by atoms with Gasteiger partial charge in [0.2, 0.25) is 5.91 Å². The van der Waals surface area contributed by atoms with Crippen LogP contribution in [0.3, 0.4) is 0 Å². The first kappa shape index (κ1) is 13.5. The smallest absolute Gasteiger partial charge is 0.220 e. The molecular formula is C12H24N2O2. The van der Waals surface area contributed by atoms with Crippen LogP contribution in [0.5, 0.6) is 0 Å². The molecule has 0 radical (unpaired) electrons. The first-order chi connectivity index (χ1) is 7.58. The Labute approximate surface area is 97.9 Å². The fourth-order valence-corrected chi connectivity index (χ4v) is 1.92. The molecule has 1 aliphatic rings. The highest BCUT2D eigenvalue weighted by Crippen LogP contribution is 2.19. The molecule has 16 heavy (non-hydrogen) atoms. The highest BCUT2D eigenvalue weighted by atomic mass is 16.5. The number of carbonyl (C=O) groups is 1. The zero-order chi connectivity index (χ0) is 12.0. The maximum absolute atomic E-state index is 11.8. The van der Waals surface area contributed by atoms with Crippen molar-refractivity contribution in [2.75, 3.05) is 19.8 Å². The van der Waals surface area contributed by atoms with Gasteiger partial charge < -0.3 is 15.8 Å². The molecule has 1 heterocycles. The zero-order valence-corrected chi connectivity index (χ0v) is 10.4. The van der Waals surface area contributed by atoms with Crippen LogP contribution in [0.4, 0.5) is 0 Å². The first-order valence-electron chi connectivity index (χ1n) is 6.17. The van der Waals surface area contributed by atoms with Crippen molar-refractivity contribution < 1.29 is 9.53 Å². The van der Waals surface area contributed by atoms with Crippen LogP contribution in [0.2, 0.25) is 0 Å². The largest absolute Gasteiger partial charge is 0.381 e. The summed E-state index contributed by atoms with van der Waals surface area (Å²) >= 11 is 0. The molecule has 94 valence electrons. The summed E-state index contributed by atoms with van der Waals surface area (Å²) in [5.74, 6) is 0.690. The van der Waals surface area contributed by atoms with Crippen LogP contribution < -0.4 is 11.1 Å². The van der Waals surface area contributed by atoms with Crippen molar-refractivity contribution in [2.24, 2.45) is 11.7 Å². The van der Waals surface area contributed by atoms with Gasteiger partial charge in [0, 0.05) is 26.2 Å². The monoisotopic (exact) mass is 228 g/mol. The summed E-state index contributed by atoms with van der Waals surface area (Å²) in [7, 11) is 0. The molecule has 4 heteroatoms. The molecule has 1 fully saturated rings. The lowest BCUT2D eigenvalue weighted by atomic mass is 9.90. The average molecular weight is 228 g/mol. The van der Waals surface area contributed by atoms with E-state index in [4.69, 9.17) is 10.5 Å². The third-order valence-electron chi connectivity index (χ3n) is 3.19. The van der Waals surface area contributed by atoms with E-state index in [0.29, 0.717) is 32.1 Å². The Morgan fingerprint density at radius 3 is 2.56 bits per heavy atom. The highest BCUT2D eigenvalue weighted by Gasteiger charge is 2.32. The fraction of sp³-hybridized carbons (Fsp3) is 0.917. The summed E-state index contributed by atoms with van der Waals surface area (Å²) in [5, 5.41) is 3.09. The van der Waals surface area contributed by atoms with E-state index < -0.39 is 0 Å². The average Bonchev–Trinajstić information content (AvgIpc) is 2.28. The molecular weight excluding hydrogens is 204 g/mol. The van der Waals surface area contributed by atoms with Crippen molar-refractivity contribution in [1.29, 1.82) is 0 Å². The third-order valence-corrected chi connectivity index (χ3v) is 3.19. The van der Waals surface area contributed by atoms with E-state index in [2.05, 4.69) is 19.2 Å². The van der Waals surface area contributed by atoms with Gasteiger partial charge in [-0.3, -0.25) is 4.79 Å². The summed E-state index contributed by atoms with van der Waals surface area (Å²) in [4.78, 5) is 11.8. The van der Waals surface area contributed by atoms with Crippen molar-refractivity contribution in [3.05, 3.63) is 0 Å². The SMILES string of the molecule is CC(C)CCC(=O)NC1(CN)CCOCC1. The second-order valence-electron chi connectivity index (χ2n) is 5.08. The van der Waals surface area contributed by atoms with Crippen molar-refractivity contribution in [3.63, 3.8) is 0 Å². The van der Waals surface area contributed by atoms with Crippen LogP contribution in [-0.2, 0) is 9.53 Å². The topological polar surface area (TPSA) is 64.4 Å². The Bertz CT molecular complexity index is 223. The lowest BCUT2D eigenvalue weighted by molar-refractivity contribution is -0.124. The van der Waals surface area contributed by atoms with E-state index in [-0.39, 0.29) is 11.4 Å². The quantitative estimate of drug-likeness (QED) is 0.739. The number of ether oxygens (including phenoxy) is 1. The predicted molar refractivity (Wildman–Crippen MR) is 64.1 cm³/mol. The lowest BCUT2D eigenvalue weighted by Crippen LogP contribution is -2.56. The Morgan fingerprint density at radius 2 is 2.06 bits per heavy atom. The number of amides is 1. The molecule has 4 nitrogen and oxygen atoms in total. The van der Waals surface area contributed by atoms with Crippen LogP contribution in [0.15, 0.2) is 0 Å². The van der Waals surface area contributed by atoms with Crippen molar-refractivity contribution >= 4 is 5.91 Å². The van der Waals surface area contributed by atoms with Crippen LogP contribution >= 0.6 is 0 Å². The van der Waals surface area contributed by atoms with E-state index in [1.165, 1.54) is 0 Å². The summed E-state index contributed by atoms with van der Waals surface area (Å²) in [5.41, 5.74) is 5.56. The Morgan fingerprint density at radius 1 is 1.44 bits per heavy atom. The minimum absolute atomic E-state index is 0.126. The van der Waals surface area contributed by atoms with Crippen LogP contribution in [0.25, 0.3) is 0 Å². The maximum atomic E-state index is 11.8. The van der Waals surface area contributed by atoms with E-state index in [9.17, 15) is 4.79 Å². The molecule has 0 spiro atoms. The number of nitrogens with two attached hydrogens (primary N) is 1. The molecule has 0 atom stereocenters. The van der Waals surface area contributed by atoms with E-state index in [1.54, 1.807) is 0 Å².